The number of carbonyl (C=O) groups is 2. The van der Waals surface area contributed by atoms with Gasteiger partial charge in [0, 0.05) is 21.8 Å². The molecule has 1 aromatic carbocycles. The number of carbonyl (C=O) groups excluding carboxylic acids is 2. The second-order valence-corrected chi connectivity index (χ2v) is 5.70. The molecule has 1 unspecified atom stereocenters. The molecule has 3 rings (SSSR count). The average Bonchev–Trinajstić information content (AvgIpc) is 3.10. The fourth-order valence-corrected chi connectivity index (χ4v) is 2.77. The highest BCUT2D eigenvalue weighted by molar-refractivity contribution is 9.10. The van der Waals surface area contributed by atoms with Gasteiger partial charge in [-0.25, -0.2) is 0 Å². The van der Waals surface area contributed by atoms with Gasteiger partial charge in [0.05, 0.1) is 6.54 Å². The monoisotopic (exact) mass is 323 g/mol. The highest BCUT2D eigenvalue weighted by Crippen LogP contribution is 2.36. The Balaban J connectivity index is 1.68. The Morgan fingerprint density at radius 1 is 1.42 bits per heavy atom. The number of hydrogen-bond donors (Lipinski definition) is 3. The molecule has 1 saturated carbocycles. The van der Waals surface area contributed by atoms with Gasteiger partial charge in [0.1, 0.15) is 6.04 Å². The summed E-state index contributed by atoms with van der Waals surface area (Å²) < 4.78 is 0.864. The van der Waals surface area contributed by atoms with Gasteiger partial charge in [-0.2, -0.15) is 0 Å². The van der Waals surface area contributed by atoms with E-state index in [1.54, 1.807) is 0 Å². The summed E-state index contributed by atoms with van der Waals surface area (Å²) in [5.74, 6) is -0.183. The van der Waals surface area contributed by atoms with Crippen molar-refractivity contribution in [2.45, 2.75) is 24.9 Å². The summed E-state index contributed by atoms with van der Waals surface area (Å²) in [6, 6.07) is 5.47. The molecule has 2 amide bonds. The first-order valence-electron chi connectivity index (χ1n) is 6.27. The van der Waals surface area contributed by atoms with Crippen molar-refractivity contribution in [3.8, 4) is 0 Å². The van der Waals surface area contributed by atoms with E-state index in [0.29, 0.717) is 6.04 Å². The van der Waals surface area contributed by atoms with E-state index < -0.39 is 6.04 Å². The van der Waals surface area contributed by atoms with Crippen molar-refractivity contribution in [1.29, 1.82) is 0 Å². The van der Waals surface area contributed by atoms with Gasteiger partial charge in [-0.3, -0.25) is 14.9 Å². The van der Waals surface area contributed by atoms with Crippen molar-refractivity contribution >= 4 is 33.4 Å². The van der Waals surface area contributed by atoms with Gasteiger partial charge >= 0.3 is 0 Å². The third-order valence-corrected chi connectivity index (χ3v) is 3.96. The van der Waals surface area contributed by atoms with E-state index in [-0.39, 0.29) is 18.4 Å². The quantitative estimate of drug-likeness (QED) is 0.782. The van der Waals surface area contributed by atoms with Gasteiger partial charge in [-0.15, -0.1) is 0 Å². The molecule has 0 bridgehead atoms. The van der Waals surface area contributed by atoms with E-state index in [4.69, 9.17) is 0 Å². The van der Waals surface area contributed by atoms with Crippen molar-refractivity contribution in [1.82, 2.24) is 10.6 Å². The Kier molecular flexibility index (Phi) is 3.28. The smallest absolute Gasteiger partial charge is 0.246 e. The third-order valence-electron chi connectivity index (χ3n) is 3.27. The normalized spacial score (nSPS) is 20.9. The minimum atomic E-state index is -0.476. The maximum atomic E-state index is 11.9. The van der Waals surface area contributed by atoms with Crippen LogP contribution in [0, 0.1) is 0 Å². The predicted octanol–water partition coefficient (Wildman–Crippen LogP) is 1.31. The molecule has 1 heterocycles. The molecular weight excluding hydrogens is 310 g/mol. The largest absolute Gasteiger partial charge is 0.352 e. The van der Waals surface area contributed by atoms with Crippen LogP contribution in [-0.2, 0) is 9.59 Å². The second-order valence-electron chi connectivity index (χ2n) is 4.85. The zero-order chi connectivity index (χ0) is 13.4. The lowest BCUT2D eigenvalue weighted by molar-refractivity contribution is -0.121. The van der Waals surface area contributed by atoms with Gasteiger partial charge in [-0.1, -0.05) is 22.0 Å². The Hall–Kier alpha value is -1.40. The fourth-order valence-electron chi connectivity index (χ4n) is 2.17. The molecule has 1 aromatic rings. The van der Waals surface area contributed by atoms with Crippen molar-refractivity contribution in [3.05, 3.63) is 28.2 Å². The lowest BCUT2D eigenvalue weighted by Crippen LogP contribution is -2.38. The molecule has 0 radical (unpaired) electrons. The number of halogens is 1. The van der Waals surface area contributed by atoms with E-state index in [2.05, 4.69) is 31.9 Å². The molecule has 1 aliphatic heterocycles. The SMILES string of the molecule is O=C(CNC1C(=O)Nc2cccc(Br)c21)NC1CC1. The standard InChI is InChI=1S/C13H14BrN3O2/c14-8-2-1-3-9-11(8)12(13(19)17-9)15-6-10(18)16-7-4-5-7/h1-3,7,12,15H,4-6H2,(H,16,18)(H,17,19). The maximum absolute atomic E-state index is 11.9. The predicted molar refractivity (Wildman–Crippen MR) is 74.7 cm³/mol. The highest BCUT2D eigenvalue weighted by Gasteiger charge is 2.32. The summed E-state index contributed by atoms with van der Waals surface area (Å²) in [5.41, 5.74) is 1.66. The summed E-state index contributed by atoms with van der Waals surface area (Å²) in [7, 11) is 0. The Morgan fingerprint density at radius 3 is 2.95 bits per heavy atom. The maximum Gasteiger partial charge on any atom is 0.246 e. The molecule has 0 aromatic heterocycles. The lowest BCUT2D eigenvalue weighted by atomic mass is 10.1. The lowest BCUT2D eigenvalue weighted by Gasteiger charge is -2.12. The Labute approximate surface area is 119 Å². The molecule has 1 fully saturated rings. The zero-order valence-corrected chi connectivity index (χ0v) is 11.8. The number of anilines is 1. The third kappa shape index (κ3) is 2.64. The summed E-state index contributed by atoms with van der Waals surface area (Å²) in [5, 5.41) is 8.70. The van der Waals surface area contributed by atoms with Gasteiger partial charge in [0.15, 0.2) is 0 Å². The number of hydrogen-bond acceptors (Lipinski definition) is 3. The van der Waals surface area contributed by atoms with Crippen LogP contribution in [0.2, 0.25) is 0 Å². The van der Waals surface area contributed by atoms with Crippen LogP contribution < -0.4 is 16.0 Å². The first-order valence-corrected chi connectivity index (χ1v) is 7.06. The van der Waals surface area contributed by atoms with Crippen LogP contribution in [0.3, 0.4) is 0 Å². The molecule has 2 aliphatic rings. The number of amides is 2. The minimum Gasteiger partial charge on any atom is -0.352 e. The Morgan fingerprint density at radius 2 is 2.21 bits per heavy atom. The topological polar surface area (TPSA) is 70.2 Å². The molecule has 5 nitrogen and oxygen atoms in total. The average molecular weight is 324 g/mol. The second kappa shape index (κ2) is 4.94. The first kappa shape index (κ1) is 12.6. The number of benzene rings is 1. The van der Waals surface area contributed by atoms with Crippen molar-refractivity contribution in [2.24, 2.45) is 0 Å². The first-order chi connectivity index (χ1) is 9.15. The van der Waals surface area contributed by atoms with Gasteiger partial charge in [0.2, 0.25) is 11.8 Å². The summed E-state index contributed by atoms with van der Waals surface area (Å²) in [6.07, 6.45) is 2.12. The van der Waals surface area contributed by atoms with E-state index in [1.165, 1.54) is 0 Å². The number of fused-ring (bicyclic) bond motifs is 1. The van der Waals surface area contributed by atoms with Crippen LogP contribution in [0.4, 0.5) is 5.69 Å². The van der Waals surface area contributed by atoms with Crippen molar-refractivity contribution < 1.29 is 9.59 Å². The fraction of sp³-hybridized carbons (Fsp3) is 0.385. The van der Waals surface area contributed by atoms with Gasteiger partial charge in [0.25, 0.3) is 0 Å². The van der Waals surface area contributed by atoms with E-state index >= 15 is 0 Å². The van der Waals surface area contributed by atoms with E-state index in [1.807, 2.05) is 18.2 Å². The van der Waals surface area contributed by atoms with Crippen LogP contribution in [0.1, 0.15) is 24.4 Å². The Bertz CT molecular complexity index is 543. The van der Waals surface area contributed by atoms with Crippen LogP contribution >= 0.6 is 15.9 Å². The minimum absolute atomic E-state index is 0.0594. The molecule has 1 atom stereocenters. The molecule has 3 N–H and O–H groups in total. The molecule has 0 spiro atoms. The summed E-state index contributed by atoms with van der Waals surface area (Å²) in [4.78, 5) is 23.5. The molecule has 100 valence electrons. The van der Waals surface area contributed by atoms with Crippen molar-refractivity contribution in [3.63, 3.8) is 0 Å². The molecule has 6 heteroatoms. The van der Waals surface area contributed by atoms with Gasteiger partial charge < -0.3 is 10.6 Å². The molecule has 1 aliphatic carbocycles. The number of rotatable bonds is 4. The van der Waals surface area contributed by atoms with Crippen LogP contribution in [0.5, 0.6) is 0 Å². The zero-order valence-electron chi connectivity index (χ0n) is 10.2. The molecule has 19 heavy (non-hydrogen) atoms. The van der Waals surface area contributed by atoms with Gasteiger partial charge in [-0.05, 0) is 25.0 Å². The van der Waals surface area contributed by atoms with E-state index in [9.17, 15) is 9.59 Å². The van der Waals surface area contributed by atoms with Crippen molar-refractivity contribution in [2.75, 3.05) is 11.9 Å². The molecular formula is C13H14BrN3O2. The summed E-state index contributed by atoms with van der Waals surface area (Å²) >= 11 is 3.44. The van der Waals surface area contributed by atoms with Crippen LogP contribution in [0.25, 0.3) is 0 Å². The van der Waals surface area contributed by atoms with Crippen LogP contribution in [0.15, 0.2) is 22.7 Å². The highest BCUT2D eigenvalue weighted by atomic mass is 79.9. The number of nitrogens with one attached hydrogen (secondary N) is 3. The van der Waals surface area contributed by atoms with E-state index in [0.717, 1.165) is 28.6 Å². The van der Waals surface area contributed by atoms with Crippen LogP contribution in [-0.4, -0.2) is 24.4 Å². The molecule has 0 saturated heterocycles. The summed E-state index contributed by atoms with van der Waals surface area (Å²) in [6.45, 7) is 0.148.